The fraction of sp³-hybridized carbons (Fsp3) is 0.375. The zero-order chi connectivity index (χ0) is 17.6. The van der Waals surface area contributed by atoms with Crippen molar-refractivity contribution in [3.63, 3.8) is 0 Å². The SMILES string of the molecule is CNc1nnc(-c2cc3c(NC(C)C4CC4)c(C(N)=O)cnn3c2)o1. The van der Waals surface area contributed by atoms with Crippen LogP contribution in [-0.2, 0) is 0 Å². The van der Waals surface area contributed by atoms with Gasteiger partial charge in [-0.15, -0.1) is 5.10 Å². The largest absolute Gasteiger partial charge is 0.403 e. The van der Waals surface area contributed by atoms with E-state index in [1.165, 1.54) is 19.0 Å². The standard InChI is InChI=1S/C16H19N7O2/c1-8(9-3-4-9)20-13-11(14(17)24)6-19-23-7-10(5-12(13)23)15-21-22-16(18-2)25-15/h5-9,20H,3-4H2,1-2H3,(H2,17,24)(H,18,22). The lowest BCUT2D eigenvalue weighted by Gasteiger charge is -2.17. The molecule has 1 aliphatic carbocycles. The first-order valence-corrected chi connectivity index (χ1v) is 8.16. The summed E-state index contributed by atoms with van der Waals surface area (Å²) in [6.07, 6.45) is 5.65. The lowest BCUT2D eigenvalue weighted by atomic mass is 10.1. The van der Waals surface area contributed by atoms with Gasteiger partial charge in [0, 0.05) is 19.3 Å². The van der Waals surface area contributed by atoms with Crippen LogP contribution in [0.3, 0.4) is 0 Å². The van der Waals surface area contributed by atoms with Crippen molar-refractivity contribution in [1.29, 1.82) is 0 Å². The van der Waals surface area contributed by atoms with Crippen LogP contribution in [0.5, 0.6) is 0 Å². The monoisotopic (exact) mass is 341 g/mol. The first-order chi connectivity index (χ1) is 12.1. The summed E-state index contributed by atoms with van der Waals surface area (Å²) < 4.78 is 7.18. The van der Waals surface area contributed by atoms with Crippen molar-refractivity contribution < 1.29 is 9.21 Å². The Morgan fingerprint density at radius 1 is 1.44 bits per heavy atom. The summed E-state index contributed by atoms with van der Waals surface area (Å²) in [6, 6.07) is 2.44. The van der Waals surface area contributed by atoms with Crippen molar-refractivity contribution in [2.45, 2.75) is 25.8 Å². The van der Waals surface area contributed by atoms with Crippen molar-refractivity contribution in [2.24, 2.45) is 11.7 Å². The highest BCUT2D eigenvalue weighted by atomic mass is 16.4. The van der Waals surface area contributed by atoms with E-state index in [4.69, 9.17) is 10.2 Å². The summed E-state index contributed by atoms with van der Waals surface area (Å²) in [6.45, 7) is 2.11. The van der Waals surface area contributed by atoms with Gasteiger partial charge in [0.2, 0.25) is 0 Å². The molecular weight excluding hydrogens is 322 g/mol. The van der Waals surface area contributed by atoms with Gasteiger partial charge in [0.25, 0.3) is 11.8 Å². The maximum absolute atomic E-state index is 11.8. The number of primary amides is 1. The summed E-state index contributed by atoms with van der Waals surface area (Å²) in [5.41, 5.74) is 8.04. The number of aromatic nitrogens is 4. The highest BCUT2D eigenvalue weighted by Gasteiger charge is 2.29. The lowest BCUT2D eigenvalue weighted by Crippen LogP contribution is -2.22. The van der Waals surface area contributed by atoms with Crippen LogP contribution in [-0.4, -0.2) is 38.8 Å². The molecule has 130 valence electrons. The average Bonchev–Trinajstić information content (AvgIpc) is 3.18. The molecule has 25 heavy (non-hydrogen) atoms. The Labute approximate surface area is 143 Å². The van der Waals surface area contributed by atoms with Gasteiger partial charge in [-0.1, -0.05) is 5.10 Å². The van der Waals surface area contributed by atoms with Gasteiger partial charge in [0.05, 0.1) is 28.5 Å². The lowest BCUT2D eigenvalue weighted by molar-refractivity contribution is 0.100. The van der Waals surface area contributed by atoms with Crippen molar-refractivity contribution >= 4 is 23.1 Å². The van der Waals surface area contributed by atoms with E-state index in [0.717, 1.165) is 5.52 Å². The third-order valence-electron chi connectivity index (χ3n) is 4.49. The third-order valence-corrected chi connectivity index (χ3v) is 4.49. The Hall–Kier alpha value is -3.10. The predicted octanol–water partition coefficient (Wildman–Crippen LogP) is 1.74. The van der Waals surface area contributed by atoms with Gasteiger partial charge in [0.15, 0.2) is 0 Å². The Morgan fingerprint density at radius 3 is 2.88 bits per heavy atom. The Bertz CT molecular complexity index is 941. The van der Waals surface area contributed by atoms with Gasteiger partial charge in [0.1, 0.15) is 0 Å². The number of nitrogens with zero attached hydrogens (tertiary/aromatic N) is 4. The van der Waals surface area contributed by atoms with Crippen molar-refractivity contribution in [1.82, 2.24) is 19.8 Å². The number of hydrogen-bond acceptors (Lipinski definition) is 7. The summed E-state index contributed by atoms with van der Waals surface area (Å²) in [5, 5.41) is 18.4. The smallest absolute Gasteiger partial charge is 0.315 e. The Kier molecular flexibility index (Phi) is 3.56. The third kappa shape index (κ3) is 2.77. The van der Waals surface area contributed by atoms with E-state index < -0.39 is 5.91 Å². The molecule has 0 bridgehead atoms. The second-order valence-electron chi connectivity index (χ2n) is 6.29. The second kappa shape index (κ2) is 5.76. The van der Waals surface area contributed by atoms with Gasteiger partial charge in [-0.2, -0.15) is 5.10 Å². The maximum Gasteiger partial charge on any atom is 0.315 e. The van der Waals surface area contributed by atoms with Crippen LogP contribution in [0.1, 0.15) is 30.1 Å². The molecule has 3 aromatic rings. The van der Waals surface area contributed by atoms with Crippen LogP contribution >= 0.6 is 0 Å². The van der Waals surface area contributed by atoms with Crippen molar-refractivity contribution in [3.05, 3.63) is 24.0 Å². The fourth-order valence-electron chi connectivity index (χ4n) is 2.89. The molecule has 1 unspecified atom stereocenters. The highest BCUT2D eigenvalue weighted by molar-refractivity contribution is 6.02. The molecule has 1 atom stereocenters. The fourth-order valence-corrected chi connectivity index (χ4v) is 2.89. The molecule has 1 fully saturated rings. The highest BCUT2D eigenvalue weighted by Crippen LogP contribution is 2.36. The maximum atomic E-state index is 11.8. The van der Waals surface area contributed by atoms with Crippen LogP contribution < -0.4 is 16.4 Å². The summed E-state index contributed by atoms with van der Waals surface area (Å²) >= 11 is 0. The molecular formula is C16H19N7O2. The molecule has 0 saturated heterocycles. The van der Waals surface area contributed by atoms with Gasteiger partial charge >= 0.3 is 6.01 Å². The first kappa shape index (κ1) is 15.4. The number of anilines is 2. The van der Waals surface area contributed by atoms with Gasteiger partial charge in [-0.25, -0.2) is 4.52 Å². The van der Waals surface area contributed by atoms with E-state index in [1.54, 1.807) is 17.8 Å². The number of hydrogen-bond donors (Lipinski definition) is 3. The Balaban J connectivity index is 1.80. The molecule has 4 N–H and O–H groups in total. The number of nitrogens with two attached hydrogens (primary N) is 1. The van der Waals surface area contributed by atoms with Crippen LogP contribution in [0, 0.1) is 5.92 Å². The molecule has 4 rings (SSSR count). The molecule has 3 heterocycles. The number of carbonyl (C=O) groups is 1. The number of nitrogens with one attached hydrogen (secondary N) is 2. The van der Waals surface area contributed by atoms with Gasteiger partial charge < -0.3 is 20.8 Å². The summed E-state index contributed by atoms with van der Waals surface area (Å²) in [4.78, 5) is 11.8. The zero-order valence-electron chi connectivity index (χ0n) is 14.0. The van der Waals surface area contributed by atoms with E-state index in [2.05, 4.69) is 32.9 Å². The molecule has 0 radical (unpaired) electrons. The van der Waals surface area contributed by atoms with Crippen LogP contribution in [0.2, 0.25) is 0 Å². The second-order valence-corrected chi connectivity index (χ2v) is 6.29. The molecule has 0 aromatic carbocycles. The Morgan fingerprint density at radius 2 is 2.24 bits per heavy atom. The molecule has 3 aromatic heterocycles. The minimum atomic E-state index is -0.515. The minimum absolute atomic E-state index is 0.252. The van der Waals surface area contributed by atoms with E-state index in [1.807, 2.05) is 6.07 Å². The molecule has 1 saturated carbocycles. The topological polar surface area (TPSA) is 123 Å². The first-order valence-electron chi connectivity index (χ1n) is 8.16. The molecule has 1 aliphatic rings. The summed E-state index contributed by atoms with van der Waals surface area (Å²) in [5.74, 6) is 0.479. The molecule has 0 aliphatic heterocycles. The van der Waals surface area contributed by atoms with Crippen molar-refractivity contribution in [3.8, 4) is 11.5 Å². The van der Waals surface area contributed by atoms with Gasteiger partial charge in [-0.05, 0) is 31.7 Å². The normalized spacial score (nSPS) is 15.3. The van der Waals surface area contributed by atoms with Crippen LogP contribution in [0.25, 0.3) is 17.0 Å². The summed E-state index contributed by atoms with van der Waals surface area (Å²) in [7, 11) is 1.70. The predicted molar refractivity (Wildman–Crippen MR) is 92.4 cm³/mol. The minimum Gasteiger partial charge on any atom is -0.403 e. The molecule has 1 amide bonds. The van der Waals surface area contributed by atoms with E-state index in [-0.39, 0.29) is 6.04 Å². The van der Waals surface area contributed by atoms with E-state index >= 15 is 0 Å². The van der Waals surface area contributed by atoms with Gasteiger partial charge in [-0.3, -0.25) is 4.79 Å². The van der Waals surface area contributed by atoms with Crippen LogP contribution in [0.4, 0.5) is 11.7 Å². The number of amides is 1. The molecule has 9 nitrogen and oxygen atoms in total. The quantitative estimate of drug-likeness (QED) is 0.624. The van der Waals surface area contributed by atoms with Crippen LogP contribution in [0.15, 0.2) is 22.9 Å². The number of fused-ring (bicyclic) bond motifs is 1. The van der Waals surface area contributed by atoms with E-state index in [0.29, 0.717) is 34.6 Å². The molecule has 0 spiro atoms. The number of rotatable bonds is 6. The molecule has 9 heteroatoms. The average molecular weight is 341 g/mol. The zero-order valence-corrected chi connectivity index (χ0v) is 14.0. The number of carbonyl (C=O) groups excluding carboxylic acids is 1. The van der Waals surface area contributed by atoms with E-state index in [9.17, 15) is 4.79 Å². The van der Waals surface area contributed by atoms with Crippen molar-refractivity contribution in [2.75, 3.05) is 17.7 Å².